The molecule has 4 rings (SSSR count). The maximum absolute atomic E-state index is 12.6. The number of nitrogens with zero attached hydrogens (tertiary/aromatic N) is 2. The second-order valence-corrected chi connectivity index (χ2v) is 7.83. The van der Waals surface area contributed by atoms with E-state index in [9.17, 15) is 4.79 Å². The van der Waals surface area contributed by atoms with Gasteiger partial charge >= 0.3 is 0 Å². The van der Waals surface area contributed by atoms with Crippen LogP contribution in [0.1, 0.15) is 53.9 Å². The molecule has 1 saturated carbocycles. The van der Waals surface area contributed by atoms with E-state index in [-0.39, 0.29) is 5.78 Å². The van der Waals surface area contributed by atoms with Crippen LogP contribution in [0.3, 0.4) is 0 Å². The highest BCUT2D eigenvalue weighted by molar-refractivity contribution is 8.00. The van der Waals surface area contributed by atoms with Gasteiger partial charge in [0, 0.05) is 10.9 Å². The molecule has 0 N–H and O–H groups in total. The zero-order chi connectivity index (χ0) is 17.8. The van der Waals surface area contributed by atoms with Crippen molar-refractivity contribution in [2.75, 3.05) is 5.75 Å². The number of benzene rings is 2. The minimum absolute atomic E-state index is 0.146. The van der Waals surface area contributed by atoms with Gasteiger partial charge in [-0.05, 0) is 30.4 Å². The van der Waals surface area contributed by atoms with Crippen molar-refractivity contribution in [1.29, 1.82) is 0 Å². The summed E-state index contributed by atoms with van der Waals surface area (Å²) in [4.78, 5) is 21.2. The predicted molar refractivity (Wildman–Crippen MR) is 107 cm³/mol. The highest BCUT2D eigenvalue weighted by Gasteiger charge is 2.16. The van der Waals surface area contributed by atoms with Crippen LogP contribution >= 0.6 is 11.8 Å². The van der Waals surface area contributed by atoms with E-state index in [1.807, 2.05) is 36.4 Å². The van der Waals surface area contributed by atoms with Crippen LogP contribution in [0.25, 0.3) is 10.9 Å². The fourth-order valence-electron chi connectivity index (χ4n) is 3.69. The third kappa shape index (κ3) is 3.80. The molecule has 0 bridgehead atoms. The first-order chi connectivity index (χ1) is 12.8. The number of fused-ring (bicyclic) bond motifs is 1. The highest BCUT2D eigenvalue weighted by Crippen LogP contribution is 2.32. The second-order valence-electron chi connectivity index (χ2n) is 6.86. The Morgan fingerprint density at radius 1 is 0.962 bits per heavy atom. The largest absolute Gasteiger partial charge is 0.293 e. The molecule has 26 heavy (non-hydrogen) atoms. The van der Waals surface area contributed by atoms with Crippen LogP contribution in [0.4, 0.5) is 0 Å². The van der Waals surface area contributed by atoms with Crippen LogP contribution in [0.15, 0.2) is 59.9 Å². The van der Waals surface area contributed by atoms with E-state index in [0.29, 0.717) is 11.7 Å². The van der Waals surface area contributed by atoms with E-state index < -0.39 is 0 Å². The number of carbonyl (C=O) groups excluding carboxylic acids is 1. The molecule has 0 spiro atoms. The van der Waals surface area contributed by atoms with Crippen molar-refractivity contribution in [3.05, 3.63) is 66.0 Å². The van der Waals surface area contributed by atoms with Gasteiger partial charge in [0.15, 0.2) is 5.78 Å². The lowest BCUT2D eigenvalue weighted by Gasteiger charge is -2.22. The number of rotatable bonds is 5. The lowest BCUT2D eigenvalue weighted by molar-refractivity contribution is 0.102. The Hall–Kier alpha value is -2.20. The molecular formula is C22H22N2OS. The zero-order valence-corrected chi connectivity index (χ0v) is 15.5. The minimum atomic E-state index is 0.146. The first kappa shape index (κ1) is 17.2. The maximum atomic E-state index is 12.6. The Balaban J connectivity index is 1.43. The number of carbonyl (C=O) groups is 1. The number of thioether (sulfide) groups is 1. The van der Waals surface area contributed by atoms with E-state index in [1.54, 1.807) is 6.33 Å². The minimum Gasteiger partial charge on any atom is -0.293 e. The molecule has 0 radical (unpaired) electrons. The van der Waals surface area contributed by atoms with Crippen LogP contribution < -0.4 is 0 Å². The molecule has 4 heteroatoms. The Bertz CT molecular complexity index is 896. The molecule has 3 aromatic rings. The first-order valence-electron chi connectivity index (χ1n) is 9.27. The summed E-state index contributed by atoms with van der Waals surface area (Å²) in [5.41, 5.74) is 3.08. The fourth-order valence-corrected chi connectivity index (χ4v) is 4.57. The smallest absolute Gasteiger partial charge is 0.173 e. The SMILES string of the molecule is O=C(CSc1ncnc2ccccc12)c1ccc(C2CCCCC2)cc1. The van der Waals surface area contributed by atoms with Crippen molar-refractivity contribution in [2.45, 2.75) is 43.0 Å². The van der Waals surface area contributed by atoms with Gasteiger partial charge < -0.3 is 0 Å². The molecule has 1 heterocycles. The normalized spacial score (nSPS) is 15.2. The van der Waals surface area contributed by atoms with Crippen molar-refractivity contribution < 1.29 is 4.79 Å². The molecule has 1 aromatic heterocycles. The van der Waals surface area contributed by atoms with E-state index in [1.165, 1.54) is 49.4 Å². The molecule has 0 unspecified atom stereocenters. The van der Waals surface area contributed by atoms with Gasteiger partial charge in [0.25, 0.3) is 0 Å². The molecular weight excluding hydrogens is 340 g/mol. The number of hydrogen-bond donors (Lipinski definition) is 0. The van der Waals surface area contributed by atoms with Gasteiger partial charge in [-0.1, -0.05) is 73.5 Å². The van der Waals surface area contributed by atoms with Gasteiger partial charge in [0.1, 0.15) is 11.4 Å². The molecule has 0 amide bonds. The fraction of sp³-hybridized carbons (Fsp3) is 0.318. The van der Waals surface area contributed by atoms with E-state index >= 15 is 0 Å². The third-order valence-corrected chi connectivity index (χ3v) is 6.16. The van der Waals surface area contributed by atoms with E-state index in [2.05, 4.69) is 22.1 Å². The molecule has 0 aliphatic heterocycles. The summed E-state index contributed by atoms with van der Waals surface area (Å²) < 4.78 is 0. The standard InChI is InChI=1S/C22H22N2OS/c25-21(14-26-22-19-8-4-5-9-20(19)23-15-24-22)18-12-10-17(11-13-18)16-6-2-1-3-7-16/h4-5,8-13,15-16H,1-3,6-7,14H2. The number of ketones is 1. The first-order valence-corrected chi connectivity index (χ1v) is 10.3. The van der Waals surface area contributed by atoms with Crippen molar-refractivity contribution >= 4 is 28.4 Å². The average Bonchev–Trinajstić information content (AvgIpc) is 2.73. The van der Waals surface area contributed by atoms with Crippen LogP contribution in [-0.4, -0.2) is 21.5 Å². The topological polar surface area (TPSA) is 42.9 Å². The highest BCUT2D eigenvalue weighted by atomic mass is 32.2. The summed E-state index contributed by atoms with van der Waals surface area (Å²) in [5, 5.41) is 1.86. The zero-order valence-electron chi connectivity index (χ0n) is 14.7. The van der Waals surface area contributed by atoms with Gasteiger partial charge in [-0.15, -0.1) is 0 Å². The molecule has 0 atom stereocenters. The lowest BCUT2D eigenvalue weighted by atomic mass is 9.84. The average molecular weight is 362 g/mol. The summed E-state index contributed by atoms with van der Waals surface area (Å²) in [6.07, 6.45) is 8.15. The molecule has 3 nitrogen and oxygen atoms in total. The van der Waals surface area contributed by atoms with Crippen LogP contribution in [0.5, 0.6) is 0 Å². The van der Waals surface area contributed by atoms with E-state index in [0.717, 1.165) is 21.5 Å². The van der Waals surface area contributed by atoms with Crippen molar-refractivity contribution in [1.82, 2.24) is 9.97 Å². The van der Waals surface area contributed by atoms with Crippen LogP contribution in [-0.2, 0) is 0 Å². The van der Waals surface area contributed by atoms with Crippen molar-refractivity contribution in [3.63, 3.8) is 0 Å². The summed E-state index contributed by atoms with van der Waals surface area (Å²) in [6.45, 7) is 0. The third-order valence-electron chi connectivity index (χ3n) is 5.16. The maximum Gasteiger partial charge on any atom is 0.173 e. The van der Waals surface area contributed by atoms with Crippen molar-refractivity contribution in [3.8, 4) is 0 Å². The van der Waals surface area contributed by atoms with Gasteiger partial charge in [-0.2, -0.15) is 0 Å². The number of hydrogen-bond acceptors (Lipinski definition) is 4. The van der Waals surface area contributed by atoms with Crippen LogP contribution in [0, 0.1) is 0 Å². The monoisotopic (exact) mass is 362 g/mol. The molecule has 132 valence electrons. The van der Waals surface area contributed by atoms with Gasteiger partial charge in [-0.25, -0.2) is 9.97 Å². The second kappa shape index (κ2) is 8.00. The van der Waals surface area contributed by atoms with Crippen molar-refractivity contribution in [2.24, 2.45) is 0 Å². The van der Waals surface area contributed by atoms with Gasteiger partial charge in [-0.3, -0.25) is 4.79 Å². The Morgan fingerprint density at radius 2 is 1.73 bits per heavy atom. The molecule has 1 aliphatic carbocycles. The summed E-state index contributed by atoms with van der Waals surface area (Å²) in [7, 11) is 0. The van der Waals surface area contributed by atoms with Crippen LogP contribution in [0.2, 0.25) is 0 Å². The number of para-hydroxylation sites is 1. The number of aromatic nitrogens is 2. The predicted octanol–water partition coefficient (Wildman–Crippen LogP) is 5.65. The molecule has 2 aromatic carbocycles. The Kier molecular flexibility index (Phi) is 5.30. The Labute approximate surface area is 158 Å². The molecule has 0 saturated heterocycles. The summed E-state index contributed by atoms with van der Waals surface area (Å²) in [6, 6.07) is 16.2. The quantitative estimate of drug-likeness (QED) is 0.334. The van der Waals surface area contributed by atoms with E-state index in [4.69, 9.17) is 0 Å². The molecule has 1 aliphatic rings. The lowest BCUT2D eigenvalue weighted by Crippen LogP contribution is -2.06. The van der Waals surface area contributed by atoms with Gasteiger partial charge in [0.05, 0.1) is 11.3 Å². The number of Topliss-reactive ketones (excluding diaryl/α,β-unsaturated/α-hetero) is 1. The molecule has 1 fully saturated rings. The Morgan fingerprint density at radius 3 is 2.54 bits per heavy atom. The van der Waals surface area contributed by atoms with Gasteiger partial charge in [0.2, 0.25) is 0 Å². The summed E-state index contributed by atoms with van der Waals surface area (Å²) >= 11 is 1.48. The summed E-state index contributed by atoms with van der Waals surface area (Å²) in [5.74, 6) is 1.21.